The zero-order valence-electron chi connectivity index (χ0n) is 33.3. The lowest BCUT2D eigenvalue weighted by Crippen LogP contribution is -2.53. The zero-order valence-corrected chi connectivity index (χ0v) is 34.9. The maximum atomic E-state index is 6.13. The van der Waals surface area contributed by atoms with Crippen molar-refractivity contribution >= 4 is 48.7 Å². The maximum Gasteiger partial charge on any atom is 0.220 e. The Hall–Kier alpha value is -3.50. The molecule has 304 valence electrons. The molecule has 0 spiro atoms. The Morgan fingerprint density at radius 3 is 1.63 bits per heavy atom. The standard InChI is InChI=1S/2C21H35N5.2ClH/c1-2-3-4-5-6-7-8-9-13-16-19-24-20(22)25-21(23)26(19)17-18-14-11-10-12-15-18;1-2-3-4-5-6-7-8-9-13-16-19-24-20(22)26-21(25-19)23-17-18-14-11-10-12-15-18;;/h10-12,14-15,19H,2-9,13,16-17H2,1H3,(H4,22,23,24,25);10-12,14-15,19H,2-9,13,16-17H2,1H3,(H4,22,23,24,25,26);2*1H. The van der Waals surface area contributed by atoms with Crippen molar-refractivity contribution in [3.8, 4) is 0 Å². The van der Waals surface area contributed by atoms with Gasteiger partial charge in [0.15, 0.2) is 11.9 Å². The van der Waals surface area contributed by atoms with Gasteiger partial charge in [-0.15, -0.1) is 24.8 Å². The van der Waals surface area contributed by atoms with E-state index in [2.05, 4.69) is 73.6 Å². The van der Waals surface area contributed by atoms with E-state index in [9.17, 15) is 0 Å². The highest BCUT2D eigenvalue weighted by atomic mass is 35.5. The second kappa shape index (κ2) is 30.8. The Kier molecular flexibility index (Phi) is 27.7. The van der Waals surface area contributed by atoms with E-state index in [0.29, 0.717) is 24.4 Å². The predicted molar refractivity (Wildman–Crippen MR) is 236 cm³/mol. The molecule has 0 saturated carbocycles. The summed E-state index contributed by atoms with van der Waals surface area (Å²) in [5.41, 5.74) is 20.3. The van der Waals surface area contributed by atoms with E-state index in [0.717, 1.165) is 31.8 Å². The van der Waals surface area contributed by atoms with Crippen molar-refractivity contribution < 1.29 is 0 Å². The molecule has 2 aliphatic rings. The molecule has 0 aromatic heterocycles. The van der Waals surface area contributed by atoms with Gasteiger partial charge in [0, 0.05) is 6.54 Å². The number of guanidine groups is 4. The van der Waals surface area contributed by atoms with Crippen molar-refractivity contribution in [2.24, 2.45) is 37.2 Å². The molecule has 2 heterocycles. The number of nitrogens with zero attached hydrogens (tertiary/aromatic N) is 5. The molecule has 2 aromatic carbocycles. The fourth-order valence-corrected chi connectivity index (χ4v) is 6.58. The van der Waals surface area contributed by atoms with Crippen molar-refractivity contribution in [1.82, 2.24) is 15.5 Å². The lowest BCUT2D eigenvalue weighted by molar-refractivity contribution is 0.281. The van der Waals surface area contributed by atoms with Crippen molar-refractivity contribution in [1.29, 1.82) is 0 Å². The number of nitrogens with two attached hydrogens (primary N) is 3. The maximum absolute atomic E-state index is 6.13. The van der Waals surface area contributed by atoms with Gasteiger partial charge in [-0.3, -0.25) is 5.32 Å². The first kappa shape index (κ1) is 48.5. The van der Waals surface area contributed by atoms with Crippen molar-refractivity contribution in [2.75, 3.05) is 0 Å². The summed E-state index contributed by atoms with van der Waals surface area (Å²) < 4.78 is 0. The molecular weight excluding hydrogens is 715 g/mol. The topological polar surface area (TPSA) is 155 Å². The summed E-state index contributed by atoms with van der Waals surface area (Å²) in [5, 5.41) is 6.37. The lowest BCUT2D eigenvalue weighted by atomic mass is 10.1. The molecule has 2 aliphatic heterocycles. The highest BCUT2D eigenvalue weighted by molar-refractivity contribution is 5.99. The Bertz CT molecular complexity index is 1340. The molecule has 0 bridgehead atoms. The van der Waals surface area contributed by atoms with Gasteiger partial charge in [-0.05, 0) is 36.8 Å². The van der Waals surface area contributed by atoms with Crippen LogP contribution in [-0.4, -0.2) is 41.1 Å². The Morgan fingerprint density at radius 1 is 0.611 bits per heavy atom. The molecule has 0 aliphatic carbocycles. The number of rotatable bonds is 24. The van der Waals surface area contributed by atoms with E-state index in [1.54, 1.807) is 0 Å². The quantitative estimate of drug-likeness (QED) is 0.0668. The van der Waals surface area contributed by atoms with Gasteiger partial charge < -0.3 is 27.4 Å². The van der Waals surface area contributed by atoms with Crippen LogP contribution < -0.4 is 27.8 Å². The molecule has 10 nitrogen and oxygen atoms in total. The third kappa shape index (κ3) is 21.4. The van der Waals surface area contributed by atoms with Crippen molar-refractivity contribution in [2.45, 2.75) is 168 Å². The van der Waals surface area contributed by atoms with Gasteiger partial charge in [0.25, 0.3) is 0 Å². The normalized spacial score (nSPS) is 17.0. The molecule has 0 amide bonds. The molecule has 2 unspecified atom stereocenters. The minimum atomic E-state index is -0.00254. The number of aliphatic imine (C=N–C) groups is 4. The van der Waals surface area contributed by atoms with E-state index in [1.807, 2.05) is 36.4 Å². The molecule has 54 heavy (non-hydrogen) atoms. The molecule has 0 fully saturated rings. The Morgan fingerprint density at radius 2 is 1.09 bits per heavy atom. The minimum absolute atomic E-state index is 0. The fraction of sp³-hybridized carbons (Fsp3) is 0.619. The minimum Gasteiger partial charge on any atom is -0.370 e. The van der Waals surface area contributed by atoms with Crippen LogP contribution in [0.25, 0.3) is 0 Å². The SMILES string of the molecule is CCCCCCCCCCCC1N=C(N)N=C(N)N1Cc1ccccc1.CCCCCCCCCCCC1N=C(N)NC(=NCc2ccccc2)N1.Cl.Cl. The number of hydrogen-bond acceptors (Lipinski definition) is 8. The number of hydrogen-bond donors (Lipinski definition) is 5. The molecular formula is C42H72Cl2N10. The summed E-state index contributed by atoms with van der Waals surface area (Å²) in [6.45, 7) is 5.88. The van der Waals surface area contributed by atoms with Gasteiger partial charge in [0.05, 0.1) is 6.54 Å². The largest absolute Gasteiger partial charge is 0.370 e. The van der Waals surface area contributed by atoms with Crippen LogP contribution in [-0.2, 0) is 13.1 Å². The lowest BCUT2D eigenvalue weighted by Gasteiger charge is -2.32. The van der Waals surface area contributed by atoms with Crippen LogP contribution >= 0.6 is 24.8 Å². The van der Waals surface area contributed by atoms with Crippen LogP contribution in [0.1, 0.15) is 153 Å². The van der Waals surface area contributed by atoms with Crippen LogP contribution in [0.2, 0.25) is 0 Å². The predicted octanol–water partition coefficient (Wildman–Crippen LogP) is 9.52. The molecule has 0 radical (unpaired) electrons. The zero-order chi connectivity index (χ0) is 37.1. The Labute approximate surface area is 339 Å². The molecule has 8 N–H and O–H groups in total. The summed E-state index contributed by atoms with van der Waals surface area (Å²) in [6.07, 6.45) is 25.9. The monoisotopic (exact) mass is 787 g/mol. The second-order valence-corrected chi connectivity index (χ2v) is 14.2. The summed E-state index contributed by atoms with van der Waals surface area (Å²) in [7, 11) is 0. The van der Waals surface area contributed by atoms with Gasteiger partial charge in [0.2, 0.25) is 11.9 Å². The number of unbranched alkanes of at least 4 members (excludes halogenated alkanes) is 16. The van der Waals surface area contributed by atoms with Crippen LogP contribution in [0.4, 0.5) is 0 Å². The summed E-state index contributed by atoms with van der Waals surface area (Å²) in [6, 6.07) is 20.5. The summed E-state index contributed by atoms with van der Waals surface area (Å²) in [5.74, 6) is 1.95. The van der Waals surface area contributed by atoms with Crippen LogP contribution in [0.3, 0.4) is 0 Å². The first-order valence-corrected chi connectivity index (χ1v) is 20.4. The van der Waals surface area contributed by atoms with Crippen molar-refractivity contribution in [3.05, 3.63) is 71.8 Å². The van der Waals surface area contributed by atoms with E-state index in [1.165, 1.54) is 120 Å². The fourth-order valence-electron chi connectivity index (χ4n) is 6.58. The molecule has 2 aromatic rings. The molecule has 4 rings (SSSR count). The van der Waals surface area contributed by atoms with Crippen LogP contribution in [0.15, 0.2) is 80.6 Å². The highest BCUT2D eigenvalue weighted by Gasteiger charge is 2.24. The van der Waals surface area contributed by atoms with Crippen LogP contribution in [0.5, 0.6) is 0 Å². The van der Waals surface area contributed by atoms with Crippen LogP contribution in [0, 0.1) is 0 Å². The smallest absolute Gasteiger partial charge is 0.220 e. The molecule has 2 atom stereocenters. The molecule has 12 heteroatoms. The van der Waals surface area contributed by atoms with E-state index < -0.39 is 0 Å². The van der Waals surface area contributed by atoms with Gasteiger partial charge in [-0.25, -0.2) is 15.0 Å². The second-order valence-electron chi connectivity index (χ2n) is 14.2. The molecule has 0 saturated heterocycles. The van der Waals surface area contributed by atoms with Gasteiger partial charge >= 0.3 is 0 Å². The first-order chi connectivity index (χ1) is 25.5. The van der Waals surface area contributed by atoms with E-state index in [4.69, 9.17) is 17.2 Å². The average Bonchev–Trinajstić information content (AvgIpc) is 3.15. The van der Waals surface area contributed by atoms with E-state index >= 15 is 0 Å². The average molecular weight is 788 g/mol. The summed E-state index contributed by atoms with van der Waals surface area (Å²) in [4.78, 5) is 19.8. The highest BCUT2D eigenvalue weighted by Crippen LogP contribution is 2.19. The summed E-state index contributed by atoms with van der Waals surface area (Å²) >= 11 is 0. The van der Waals surface area contributed by atoms with Crippen molar-refractivity contribution in [3.63, 3.8) is 0 Å². The van der Waals surface area contributed by atoms with Gasteiger partial charge in [-0.1, -0.05) is 177 Å². The number of halogens is 2. The number of nitrogens with one attached hydrogen (secondary N) is 2. The van der Waals surface area contributed by atoms with Gasteiger partial charge in [0.1, 0.15) is 12.3 Å². The van der Waals surface area contributed by atoms with E-state index in [-0.39, 0.29) is 37.1 Å². The third-order valence-electron chi connectivity index (χ3n) is 9.61. The number of benzene rings is 2. The first-order valence-electron chi connectivity index (χ1n) is 20.4. The Balaban J connectivity index is 0.000000521. The van der Waals surface area contributed by atoms with Gasteiger partial charge in [-0.2, -0.15) is 4.99 Å². The third-order valence-corrected chi connectivity index (χ3v) is 9.61.